The smallest absolute Gasteiger partial charge is 0.387 e. The molecule has 1 atom stereocenters. The number of benzene rings is 1. The Labute approximate surface area is 106 Å². The quantitative estimate of drug-likeness (QED) is 0.765. The highest BCUT2D eigenvalue weighted by atomic mass is 19.3. The number of hydrogen-bond acceptors (Lipinski definition) is 5. The Bertz CT molecular complexity index is 547. The van der Waals surface area contributed by atoms with Crippen LogP contribution in [0.2, 0.25) is 0 Å². The Kier molecular flexibility index (Phi) is 3.34. The maximum absolute atomic E-state index is 13.6. The van der Waals surface area contributed by atoms with Crippen molar-refractivity contribution in [1.29, 1.82) is 0 Å². The average Bonchev–Trinajstić information content (AvgIpc) is 2.30. The molecule has 0 amide bonds. The van der Waals surface area contributed by atoms with E-state index in [2.05, 4.69) is 15.0 Å². The van der Waals surface area contributed by atoms with Gasteiger partial charge in [0, 0.05) is 11.8 Å². The molecular formula is C11H11F3N4O. The van der Waals surface area contributed by atoms with Crippen LogP contribution in [0.25, 0.3) is 0 Å². The van der Waals surface area contributed by atoms with Crippen molar-refractivity contribution in [3.63, 3.8) is 0 Å². The molecule has 2 rings (SSSR count). The molecule has 19 heavy (non-hydrogen) atoms. The molecule has 0 bridgehead atoms. The number of ether oxygens (including phenoxy) is 1. The molecule has 5 N–H and O–H groups in total. The highest BCUT2D eigenvalue weighted by Gasteiger charge is 2.28. The van der Waals surface area contributed by atoms with Gasteiger partial charge in [0.05, 0.1) is 0 Å². The predicted molar refractivity (Wildman–Crippen MR) is 62.8 cm³/mol. The van der Waals surface area contributed by atoms with E-state index in [9.17, 15) is 13.2 Å². The van der Waals surface area contributed by atoms with E-state index >= 15 is 0 Å². The second-order valence-electron chi connectivity index (χ2n) is 3.80. The summed E-state index contributed by atoms with van der Waals surface area (Å²) >= 11 is 0. The van der Waals surface area contributed by atoms with E-state index in [0.29, 0.717) is 0 Å². The highest BCUT2D eigenvalue weighted by Crippen LogP contribution is 2.26. The van der Waals surface area contributed by atoms with Crippen LogP contribution in [0.5, 0.6) is 5.75 Å². The molecule has 1 aromatic rings. The van der Waals surface area contributed by atoms with Crippen LogP contribution in [-0.4, -0.2) is 12.4 Å². The molecule has 0 saturated carbocycles. The van der Waals surface area contributed by atoms with Gasteiger partial charge in [-0.1, -0.05) is 0 Å². The largest absolute Gasteiger partial charge is 0.432 e. The molecule has 1 aromatic carbocycles. The summed E-state index contributed by atoms with van der Waals surface area (Å²) in [5, 5.41) is 2.70. The summed E-state index contributed by atoms with van der Waals surface area (Å²) < 4.78 is 41.6. The number of aliphatic imine (C=N–C) groups is 1. The number of nitrogens with one attached hydrogen (secondary N) is 1. The number of nitrogens with two attached hydrogens (primary N) is 2. The SMILES string of the molecule is NC1=NC(N)(c2ccc(OC(F)F)c(F)c2)NC=C1. The molecule has 102 valence electrons. The first kappa shape index (κ1) is 13.2. The van der Waals surface area contributed by atoms with E-state index in [0.717, 1.165) is 12.1 Å². The van der Waals surface area contributed by atoms with Gasteiger partial charge >= 0.3 is 6.61 Å². The molecule has 5 nitrogen and oxygen atoms in total. The number of rotatable bonds is 3. The van der Waals surface area contributed by atoms with Gasteiger partial charge in [0.15, 0.2) is 11.6 Å². The fraction of sp³-hybridized carbons (Fsp3) is 0.182. The van der Waals surface area contributed by atoms with Gasteiger partial charge in [0.2, 0.25) is 5.79 Å². The summed E-state index contributed by atoms with van der Waals surface area (Å²) in [6.45, 7) is -3.10. The highest BCUT2D eigenvalue weighted by molar-refractivity contribution is 5.92. The van der Waals surface area contributed by atoms with Crippen molar-refractivity contribution in [2.75, 3.05) is 0 Å². The Hall–Kier alpha value is -2.22. The molecule has 1 unspecified atom stereocenters. The maximum atomic E-state index is 13.6. The lowest BCUT2D eigenvalue weighted by Crippen LogP contribution is -2.49. The van der Waals surface area contributed by atoms with Gasteiger partial charge in [-0.25, -0.2) is 9.38 Å². The van der Waals surface area contributed by atoms with Gasteiger partial charge in [0.25, 0.3) is 0 Å². The van der Waals surface area contributed by atoms with Crippen molar-refractivity contribution in [3.8, 4) is 5.75 Å². The van der Waals surface area contributed by atoms with Crippen molar-refractivity contribution >= 4 is 5.84 Å². The summed E-state index contributed by atoms with van der Waals surface area (Å²) in [5.74, 6) is -2.81. The standard InChI is InChI=1S/C11H11F3N4O/c12-7-5-6(1-2-8(7)19-10(13)14)11(16)17-4-3-9(15)18-11/h1-5,10,17H,16H2,(H2,15,18). The third-order valence-corrected chi connectivity index (χ3v) is 2.45. The van der Waals surface area contributed by atoms with Crippen LogP contribution >= 0.6 is 0 Å². The summed E-state index contributed by atoms with van der Waals surface area (Å²) in [5.41, 5.74) is 11.6. The van der Waals surface area contributed by atoms with Crippen LogP contribution in [0.1, 0.15) is 5.56 Å². The van der Waals surface area contributed by atoms with Crippen molar-refractivity contribution in [2.24, 2.45) is 16.5 Å². The Morgan fingerprint density at radius 1 is 1.37 bits per heavy atom. The zero-order valence-electron chi connectivity index (χ0n) is 9.61. The van der Waals surface area contributed by atoms with Crippen LogP contribution in [0.4, 0.5) is 13.2 Å². The summed E-state index contributed by atoms with van der Waals surface area (Å²) in [7, 11) is 0. The fourth-order valence-corrected chi connectivity index (χ4v) is 1.60. The topological polar surface area (TPSA) is 85.7 Å². The van der Waals surface area contributed by atoms with Crippen LogP contribution in [-0.2, 0) is 5.79 Å². The van der Waals surface area contributed by atoms with Gasteiger partial charge in [-0.3, -0.25) is 5.73 Å². The molecule has 1 aliphatic heterocycles. The Morgan fingerprint density at radius 2 is 2.11 bits per heavy atom. The summed E-state index contributed by atoms with van der Waals surface area (Å²) in [6, 6.07) is 3.33. The lowest BCUT2D eigenvalue weighted by atomic mass is 10.1. The second kappa shape index (κ2) is 4.81. The van der Waals surface area contributed by atoms with E-state index in [1.165, 1.54) is 18.3 Å². The van der Waals surface area contributed by atoms with Crippen molar-refractivity contribution in [1.82, 2.24) is 5.32 Å². The van der Waals surface area contributed by atoms with Crippen molar-refractivity contribution < 1.29 is 17.9 Å². The van der Waals surface area contributed by atoms with E-state index in [1.807, 2.05) is 0 Å². The maximum Gasteiger partial charge on any atom is 0.387 e. The monoisotopic (exact) mass is 272 g/mol. The first-order chi connectivity index (χ1) is 8.90. The normalized spacial score (nSPS) is 22.1. The number of halogens is 3. The minimum Gasteiger partial charge on any atom is -0.432 e. The molecule has 0 aliphatic carbocycles. The fourth-order valence-electron chi connectivity index (χ4n) is 1.60. The van der Waals surface area contributed by atoms with Crippen LogP contribution in [0.15, 0.2) is 35.5 Å². The van der Waals surface area contributed by atoms with Crippen LogP contribution in [0.3, 0.4) is 0 Å². The molecule has 1 aliphatic rings. The van der Waals surface area contributed by atoms with Gasteiger partial charge < -0.3 is 15.8 Å². The van der Waals surface area contributed by atoms with Crippen molar-refractivity contribution in [3.05, 3.63) is 41.9 Å². The minimum atomic E-state index is -3.10. The molecular weight excluding hydrogens is 261 g/mol. The zero-order valence-corrected chi connectivity index (χ0v) is 9.61. The zero-order chi connectivity index (χ0) is 14.0. The van der Waals surface area contributed by atoms with Gasteiger partial charge in [-0.05, 0) is 24.3 Å². The molecule has 1 heterocycles. The third-order valence-electron chi connectivity index (χ3n) is 2.45. The number of alkyl halides is 2. The van der Waals surface area contributed by atoms with E-state index in [1.54, 1.807) is 0 Å². The lowest BCUT2D eigenvalue weighted by Gasteiger charge is -2.28. The third kappa shape index (κ3) is 2.79. The Morgan fingerprint density at radius 3 is 2.68 bits per heavy atom. The van der Waals surface area contributed by atoms with Crippen LogP contribution in [0, 0.1) is 5.82 Å². The summed E-state index contributed by atoms with van der Waals surface area (Å²) in [6.07, 6.45) is 2.94. The summed E-state index contributed by atoms with van der Waals surface area (Å²) in [4.78, 5) is 3.93. The van der Waals surface area contributed by atoms with Gasteiger partial charge in [-0.2, -0.15) is 8.78 Å². The molecule has 0 spiro atoms. The second-order valence-corrected chi connectivity index (χ2v) is 3.80. The minimum absolute atomic E-state index is 0.162. The molecule has 0 fully saturated rings. The van der Waals surface area contributed by atoms with E-state index in [-0.39, 0.29) is 11.4 Å². The van der Waals surface area contributed by atoms with Crippen molar-refractivity contribution in [2.45, 2.75) is 12.4 Å². The number of hydrogen-bond donors (Lipinski definition) is 3. The molecule has 0 saturated heterocycles. The lowest BCUT2D eigenvalue weighted by molar-refractivity contribution is -0.0522. The van der Waals surface area contributed by atoms with Crippen LogP contribution < -0.4 is 21.5 Å². The first-order valence-corrected chi connectivity index (χ1v) is 5.24. The Balaban J connectivity index is 2.32. The molecule has 0 radical (unpaired) electrons. The van der Waals surface area contributed by atoms with Gasteiger partial charge in [0.1, 0.15) is 5.84 Å². The first-order valence-electron chi connectivity index (χ1n) is 5.24. The van der Waals surface area contributed by atoms with Gasteiger partial charge in [-0.15, -0.1) is 0 Å². The van der Waals surface area contributed by atoms with E-state index < -0.39 is 24.0 Å². The average molecular weight is 272 g/mol. The van der Waals surface area contributed by atoms with E-state index in [4.69, 9.17) is 11.5 Å². The molecule has 8 heteroatoms. The number of amidine groups is 1. The number of nitrogens with zero attached hydrogens (tertiary/aromatic N) is 1. The predicted octanol–water partition coefficient (Wildman–Crippen LogP) is 0.970. The molecule has 0 aromatic heterocycles.